The third kappa shape index (κ3) is 2.69. The van der Waals surface area contributed by atoms with Crippen LogP contribution in [0.3, 0.4) is 0 Å². The van der Waals surface area contributed by atoms with Crippen LogP contribution in [-0.4, -0.2) is 25.1 Å². The standard InChI is InChI=1S/C10H11NO5/c1-15-8-3-4-9(11(13)14)7(5-8)6-10(12)16-2/h3-5H,6H2,1-2H3. The van der Waals surface area contributed by atoms with Gasteiger partial charge in [-0.05, 0) is 12.1 Å². The second-order valence-electron chi connectivity index (χ2n) is 3.00. The van der Waals surface area contributed by atoms with Gasteiger partial charge in [-0.25, -0.2) is 0 Å². The molecule has 86 valence electrons. The fourth-order valence-corrected chi connectivity index (χ4v) is 1.24. The molecule has 0 aliphatic carbocycles. The van der Waals surface area contributed by atoms with E-state index < -0.39 is 10.9 Å². The van der Waals surface area contributed by atoms with Gasteiger partial charge in [-0.2, -0.15) is 0 Å². The summed E-state index contributed by atoms with van der Waals surface area (Å²) in [5, 5.41) is 10.7. The van der Waals surface area contributed by atoms with Crippen LogP contribution in [0.5, 0.6) is 5.75 Å². The van der Waals surface area contributed by atoms with Crippen LogP contribution in [-0.2, 0) is 16.0 Å². The van der Waals surface area contributed by atoms with Crippen molar-refractivity contribution in [1.82, 2.24) is 0 Å². The van der Waals surface area contributed by atoms with E-state index in [4.69, 9.17) is 4.74 Å². The molecule has 6 nitrogen and oxygen atoms in total. The van der Waals surface area contributed by atoms with Crippen molar-refractivity contribution in [3.8, 4) is 5.75 Å². The Labute approximate surface area is 91.9 Å². The fraction of sp³-hybridized carbons (Fsp3) is 0.300. The minimum atomic E-state index is -0.544. The molecule has 0 spiro atoms. The molecular weight excluding hydrogens is 214 g/mol. The molecule has 0 aromatic heterocycles. The second kappa shape index (κ2) is 5.11. The lowest BCUT2D eigenvalue weighted by molar-refractivity contribution is -0.385. The maximum absolute atomic E-state index is 11.1. The van der Waals surface area contributed by atoms with Crippen molar-refractivity contribution in [3.63, 3.8) is 0 Å². The molecule has 1 aromatic carbocycles. The molecule has 16 heavy (non-hydrogen) atoms. The number of carbonyl (C=O) groups excluding carboxylic acids is 1. The SMILES string of the molecule is COC(=O)Cc1cc(OC)ccc1[N+](=O)[O-]. The Hall–Kier alpha value is -2.11. The summed E-state index contributed by atoms with van der Waals surface area (Å²) in [5.41, 5.74) is 0.155. The van der Waals surface area contributed by atoms with Gasteiger partial charge in [0.15, 0.2) is 0 Å². The number of hydrogen-bond acceptors (Lipinski definition) is 5. The minimum Gasteiger partial charge on any atom is -0.497 e. The highest BCUT2D eigenvalue weighted by Crippen LogP contribution is 2.24. The number of methoxy groups -OCH3 is 2. The number of rotatable bonds is 4. The maximum atomic E-state index is 11.1. The van der Waals surface area contributed by atoms with Gasteiger partial charge < -0.3 is 9.47 Å². The average molecular weight is 225 g/mol. The Balaban J connectivity index is 3.10. The largest absolute Gasteiger partial charge is 0.497 e. The number of benzene rings is 1. The lowest BCUT2D eigenvalue weighted by Gasteiger charge is -2.04. The number of ether oxygens (including phenoxy) is 2. The van der Waals surface area contributed by atoms with Gasteiger partial charge in [0.1, 0.15) is 5.75 Å². The highest BCUT2D eigenvalue weighted by atomic mass is 16.6. The first-order valence-corrected chi connectivity index (χ1v) is 4.46. The molecule has 0 aliphatic rings. The van der Waals surface area contributed by atoms with Crippen LogP contribution in [0.1, 0.15) is 5.56 Å². The van der Waals surface area contributed by atoms with Crippen LogP contribution in [0.25, 0.3) is 0 Å². The van der Waals surface area contributed by atoms with E-state index in [-0.39, 0.29) is 17.7 Å². The quantitative estimate of drug-likeness (QED) is 0.438. The minimum absolute atomic E-state index is 0.119. The molecule has 0 heterocycles. The monoisotopic (exact) mass is 225 g/mol. The van der Waals surface area contributed by atoms with Crippen molar-refractivity contribution in [2.45, 2.75) is 6.42 Å². The van der Waals surface area contributed by atoms with Gasteiger partial charge in [-0.3, -0.25) is 14.9 Å². The van der Waals surface area contributed by atoms with Gasteiger partial charge in [0.05, 0.1) is 25.6 Å². The summed E-state index contributed by atoms with van der Waals surface area (Å²) in [6, 6.07) is 4.23. The Bertz CT molecular complexity index is 416. The van der Waals surface area contributed by atoms with E-state index in [0.29, 0.717) is 5.75 Å². The van der Waals surface area contributed by atoms with E-state index in [1.807, 2.05) is 0 Å². The first-order chi connectivity index (χ1) is 7.58. The molecule has 0 N–H and O–H groups in total. The van der Waals surface area contributed by atoms with Gasteiger partial charge in [0.25, 0.3) is 5.69 Å². The molecule has 1 rings (SSSR count). The Kier molecular flexibility index (Phi) is 3.82. The molecule has 0 saturated heterocycles. The molecule has 0 aliphatic heterocycles. The summed E-state index contributed by atoms with van der Waals surface area (Å²) in [5.74, 6) is -0.0687. The van der Waals surface area contributed by atoms with E-state index >= 15 is 0 Å². The molecule has 0 amide bonds. The first kappa shape index (κ1) is 12.0. The summed E-state index contributed by atoms with van der Waals surface area (Å²) >= 11 is 0. The molecule has 0 radical (unpaired) electrons. The third-order valence-electron chi connectivity index (χ3n) is 2.05. The Morgan fingerprint density at radius 2 is 2.12 bits per heavy atom. The molecule has 0 bridgehead atoms. The predicted molar refractivity (Wildman–Crippen MR) is 55.4 cm³/mol. The zero-order chi connectivity index (χ0) is 12.1. The topological polar surface area (TPSA) is 78.7 Å². The Morgan fingerprint density at radius 3 is 2.62 bits per heavy atom. The molecule has 0 saturated carbocycles. The molecule has 1 aromatic rings. The van der Waals surface area contributed by atoms with Crippen LogP contribution in [0.15, 0.2) is 18.2 Å². The van der Waals surface area contributed by atoms with Crippen molar-refractivity contribution in [2.75, 3.05) is 14.2 Å². The molecule has 0 unspecified atom stereocenters. The number of nitrogens with zero attached hydrogens (tertiary/aromatic N) is 1. The van der Waals surface area contributed by atoms with Crippen molar-refractivity contribution < 1.29 is 19.2 Å². The number of esters is 1. The van der Waals surface area contributed by atoms with Gasteiger partial charge in [-0.1, -0.05) is 0 Å². The van der Waals surface area contributed by atoms with E-state index in [9.17, 15) is 14.9 Å². The highest BCUT2D eigenvalue weighted by molar-refractivity contribution is 5.74. The summed E-state index contributed by atoms with van der Waals surface area (Å²) in [4.78, 5) is 21.2. The molecule has 6 heteroatoms. The van der Waals surface area contributed by atoms with Gasteiger partial charge in [0, 0.05) is 11.6 Å². The van der Waals surface area contributed by atoms with Gasteiger partial charge >= 0.3 is 5.97 Å². The van der Waals surface area contributed by atoms with Gasteiger partial charge in [0.2, 0.25) is 0 Å². The predicted octanol–water partition coefficient (Wildman–Crippen LogP) is 1.32. The zero-order valence-electron chi connectivity index (χ0n) is 8.93. The van der Waals surface area contributed by atoms with E-state index in [2.05, 4.69) is 4.74 Å². The maximum Gasteiger partial charge on any atom is 0.310 e. The molecule has 0 atom stereocenters. The second-order valence-corrected chi connectivity index (χ2v) is 3.00. The number of hydrogen-bond donors (Lipinski definition) is 0. The lowest BCUT2D eigenvalue weighted by atomic mass is 10.1. The number of carbonyl (C=O) groups is 1. The van der Waals surface area contributed by atoms with Crippen molar-refractivity contribution >= 4 is 11.7 Å². The van der Waals surface area contributed by atoms with Crippen molar-refractivity contribution in [2.24, 2.45) is 0 Å². The fourth-order valence-electron chi connectivity index (χ4n) is 1.24. The summed E-state index contributed by atoms with van der Waals surface area (Å²) in [7, 11) is 2.68. The van der Waals surface area contributed by atoms with E-state index in [1.54, 1.807) is 0 Å². The van der Waals surface area contributed by atoms with Crippen LogP contribution in [0.4, 0.5) is 5.69 Å². The average Bonchev–Trinajstić information content (AvgIpc) is 2.28. The smallest absolute Gasteiger partial charge is 0.310 e. The lowest BCUT2D eigenvalue weighted by Crippen LogP contribution is -2.07. The normalized spacial score (nSPS) is 9.62. The van der Waals surface area contributed by atoms with Crippen LogP contribution in [0, 0.1) is 10.1 Å². The van der Waals surface area contributed by atoms with E-state index in [0.717, 1.165) is 0 Å². The number of nitro benzene ring substituents is 1. The number of nitro groups is 1. The van der Waals surface area contributed by atoms with Crippen LogP contribution >= 0.6 is 0 Å². The third-order valence-corrected chi connectivity index (χ3v) is 2.05. The molecular formula is C10H11NO5. The summed E-state index contributed by atoms with van der Waals surface area (Å²) in [6.07, 6.45) is -0.149. The summed E-state index contributed by atoms with van der Waals surface area (Å²) in [6.45, 7) is 0. The van der Waals surface area contributed by atoms with Crippen LogP contribution in [0.2, 0.25) is 0 Å². The van der Waals surface area contributed by atoms with Crippen molar-refractivity contribution in [3.05, 3.63) is 33.9 Å². The van der Waals surface area contributed by atoms with Gasteiger partial charge in [-0.15, -0.1) is 0 Å². The zero-order valence-corrected chi connectivity index (χ0v) is 8.93. The molecule has 0 fully saturated rings. The first-order valence-electron chi connectivity index (χ1n) is 4.46. The highest BCUT2D eigenvalue weighted by Gasteiger charge is 2.17. The van der Waals surface area contributed by atoms with Crippen LogP contribution < -0.4 is 4.74 Å². The Morgan fingerprint density at radius 1 is 1.44 bits per heavy atom. The van der Waals surface area contributed by atoms with E-state index in [1.165, 1.54) is 32.4 Å². The summed E-state index contributed by atoms with van der Waals surface area (Å²) < 4.78 is 9.39. The van der Waals surface area contributed by atoms with Crippen molar-refractivity contribution in [1.29, 1.82) is 0 Å².